The van der Waals surface area contributed by atoms with Crippen molar-refractivity contribution in [3.63, 3.8) is 0 Å². The molecule has 0 saturated heterocycles. The van der Waals surface area contributed by atoms with Gasteiger partial charge in [-0.1, -0.05) is 38.1 Å². The Morgan fingerprint density at radius 1 is 0.643 bits per heavy atom. The van der Waals surface area contributed by atoms with Gasteiger partial charge in [0.25, 0.3) is 0 Å². The van der Waals surface area contributed by atoms with Crippen molar-refractivity contribution >= 4 is 20.2 Å². The summed E-state index contributed by atoms with van der Waals surface area (Å²) in [7, 11) is -8.97. The second kappa shape index (κ2) is 12.5. The smallest absolute Gasteiger partial charge is 0.744 e. The van der Waals surface area contributed by atoms with Gasteiger partial charge in [0.2, 0.25) is 0 Å². The van der Waals surface area contributed by atoms with E-state index >= 15 is 0 Å². The van der Waals surface area contributed by atoms with Crippen LogP contribution in [0.1, 0.15) is 49.7 Å². The first kappa shape index (κ1) is 29.5. The molecule has 0 fully saturated rings. The zero-order valence-corrected chi connectivity index (χ0v) is 24.3. The molecule has 0 bridgehead atoms. The molecule has 0 aliphatic rings. The van der Waals surface area contributed by atoms with Gasteiger partial charge >= 0.3 is 103 Å². The van der Waals surface area contributed by atoms with Crippen molar-refractivity contribution in [1.29, 1.82) is 0 Å². The normalized spacial score (nSPS) is 13.7. The van der Waals surface area contributed by atoms with Gasteiger partial charge in [-0.25, -0.2) is 16.8 Å². The summed E-state index contributed by atoms with van der Waals surface area (Å²) in [6, 6.07) is 11.8. The van der Waals surface area contributed by atoms with Gasteiger partial charge in [-0.05, 0) is 60.1 Å². The minimum absolute atomic E-state index is 0. The zero-order valence-electron chi connectivity index (χ0n) is 16.5. The molecule has 0 aromatic heterocycles. The topological polar surface area (TPSA) is 114 Å². The summed E-state index contributed by atoms with van der Waals surface area (Å²) >= 11 is 0. The molecule has 6 nitrogen and oxygen atoms in total. The van der Waals surface area contributed by atoms with Crippen molar-refractivity contribution in [2.24, 2.45) is 0 Å². The molecule has 0 heterocycles. The largest absolute Gasteiger partial charge is 1.00 e. The molecule has 2 atom stereocenters. The fraction of sp³-hybridized carbons (Fsp3) is 0.333. The van der Waals surface area contributed by atoms with E-state index in [1.807, 2.05) is 13.8 Å². The molecular weight excluding hydrogens is 455 g/mol. The first-order valence-corrected chi connectivity index (χ1v) is 11.0. The fourth-order valence-corrected chi connectivity index (χ4v) is 4.21. The molecule has 0 unspecified atom stereocenters. The van der Waals surface area contributed by atoms with Crippen LogP contribution in [0.2, 0.25) is 0 Å². The number of hydrogen-bond acceptors (Lipinski definition) is 6. The third kappa shape index (κ3) is 7.90. The van der Waals surface area contributed by atoms with Crippen LogP contribution in [-0.4, -0.2) is 25.9 Å². The summed E-state index contributed by atoms with van der Waals surface area (Å²) in [5.41, 5.74) is 1.79. The van der Waals surface area contributed by atoms with Crippen LogP contribution < -0.4 is 103 Å². The van der Waals surface area contributed by atoms with Crippen molar-refractivity contribution in [3.8, 4) is 0 Å². The van der Waals surface area contributed by atoms with E-state index in [1.165, 1.54) is 24.3 Å². The molecule has 2 aromatic carbocycles. The van der Waals surface area contributed by atoms with Gasteiger partial charge in [0.05, 0.1) is 9.79 Å². The maximum absolute atomic E-state index is 11.1. The average Bonchev–Trinajstić information content (AvgIpc) is 2.58. The summed E-state index contributed by atoms with van der Waals surface area (Å²) in [6.45, 7) is 4.00. The van der Waals surface area contributed by atoms with E-state index in [-0.39, 0.29) is 124 Å². The van der Waals surface area contributed by atoms with E-state index in [1.54, 1.807) is 24.3 Å². The van der Waals surface area contributed by atoms with Gasteiger partial charge in [0, 0.05) is 0 Å². The zero-order chi connectivity index (χ0) is 19.5. The summed E-state index contributed by atoms with van der Waals surface area (Å²) < 4.78 is 66.5. The summed E-state index contributed by atoms with van der Waals surface area (Å²) in [6.07, 6.45) is 1.53. The van der Waals surface area contributed by atoms with Gasteiger partial charge in [-0.15, -0.1) is 0 Å². The number of hydrogen-bond donors (Lipinski definition) is 0. The molecule has 10 heteroatoms. The van der Waals surface area contributed by atoms with Gasteiger partial charge in [0.15, 0.2) is 0 Å². The Labute approximate surface area is 252 Å². The molecule has 2 aromatic rings. The van der Waals surface area contributed by atoms with E-state index in [9.17, 15) is 25.9 Å². The Hall–Kier alpha value is 1.53. The van der Waals surface area contributed by atoms with Crippen LogP contribution in [0.25, 0.3) is 0 Å². The van der Waals surface area contributed by atoms with Crippen LogP contribution >= 0.6 is 0 Å². The number of rotatable bonds is 7. The standard InChI is InChI=1S/C18H22O6S2.2K/c1-3-17(13-5-9-15(10-6-13)25(19,20)21)18(4-2)14-7-11-16(12-8-14)26(22,23)24;;/h5-12,17-18H,3-4H2,1-2H3,(H,19,20,21)(H,22,23,24);;/q;2*+1/p-2/t17-,18+;;. The van der Waals surface area contributed by atoms with Crippen LogP contribution in [0.3, 0.4) is 0 Å². The minimum atomic E-state index is -4.49. The van der Waals surface area contributed by atoms with Gasteiger partial charge in [0.1, 0.15) is 20.2 Å². The third-order valence-electron chi connectivity index (χ3n) is 4.56. The molecule has 0 spiro atoms. The van der Waals surface area contributed by atoms with Gasteiger partial charge < -0.3 is 9.11 Å². The van der Waals surface area contributed by atoms with Crippen molar-refractivity contribution in [2.45, 2.75) is 48.3 Å². The summed E-state index contributed by atoms with van der Waals surface area (Å²) in [5, 5.41) is 0. The number of benzene rings is 2. The summed E-state index contributed by atoms with van der Waals surface area (Å²) in [4.78, 5) is -0.539. The van der Waals surface area contributed by atoms with Crippen LogP contribution in [0, 0.1) is 0 Å². The molecular formula is C18H20K2O6S2. The van der Waals surface area contributed by atoms with Crippen molar-refractivity contribution in [1.82, 2.24) is 0 Å². The Balaban J connectivity index is 0.00000364. The predicted molar refractivity (Wildman–Crippen MR) is 94.9 cm³/mol. The molecule has 0 N–H and O–H groups in total. The molecule has 0 aliphatic carbocycles. The molecule has 0 amide bonds. The Kier molecular flexibility index (Phi) is 13.2. The van der Waals surface area contributed by atoms with E-state index in [0.29, 0.717) is 0 Å². The quantitative estimate of drug-likeness (QED) is 0.316. The van der Waals surface area contributed by atoms with E-state index < -0.39 is 20.2 Å². The Morgan fingerprint density at radius 2 is 0.893 bits per heavy atom. The van der Waals surface area contributed by atoms with Gasteiger partial charge in [-0.2, -0.15) is 0 Å². The molecule has 0 aliphatic heterocycles. The van der Waals surface area contributed by atoms with Crippen LogP contribution in [-0.2, 0) is 20.2 Å². The monoisotopic (exact) mass is 474 g/mol. The fourth-order valence-electron chi connectivity index (χ4n) is 3.27. The predicted octanol–water partition coefficient (Wildman–Crippen LogP) is -2.81. The first-order chi connectivity index (χ1) is 12.1. The van der Waals surface area contributed by atoms with E-state index in [2.05, 4.69) is 0 Å². The molecule has 28 heavy (non-hydrogen) atoms. The van der Waals surface area contributed by atoms with Crippen LogP contribution in [0.15, 0.2) is 58.3 Å². The van der Waals surface area contributed by atoms with Crippen molar-refractivity contribution in [2.75, 3.05) is 0 Å². The summed E-state index contributed by atoms with van der Waals surface area (Å²) in [5.74, 6) is 0.108. The molecule has 2 rings (SSSR count). The maximum atomic E-state index is 11.1. The van der Waals surface area contributed by atoms with Gasteiger partial charge in [-0.3, -0.25) is 0 Å². The maximum Gasteiger partial charge on any atom is 1.00 e. The molecule has 0 radical (unpaired) electrons. The molecule has 142 valence electrons. The average molecular weight is 475 g/mol. The Morgan fingerprint density at radius 3 is 1.07 bits per heavy atom. The SMILES string of the molecule is CC[C@H](c1ccc(S(=O)(=O)[O-])cc1)[C@@H](CC)c1ccc(S(=O)(=O)[O-])cc1.[K+].[K+]. The Bertz CT molecular complexity index is 875. The third-order valence-corrected chi connectivity index (χ3v) is 6.26. The second-order valence-corrected chi connectivity index (χ2v) is 8.84. The van der Waals surface area contributed by atoms with Crippen LogP contribution in [0.4, 0.5) is 0 Å². The second-order valence-electron chi connectivity index (χ2n) is 6.08. The molecule has 0 saturated carbocycles. The first-order valence-electron chi connectivity index (χ1n) is 8.19. The van der Waals surface area contributed by atoms with Crippen molar-refractivity contribution < 1.29 is 129 Å². The minimum Gasteiger partial charge on any atom is -0.744 e. The van der Waals surface area contributed by atoms with E-state index in [4.69, 9.17) is 0 Å². The van der Waals surface area contributed by atoms with E-state index in [0.717, 1.165) is 24.0 Å². The van der Waals surface area contributed by atoms with Crippen molar-refractivity contribution in [3.05, 3.63) is 59.7 Å². The van der Waals surface area contributed by atoms with Crippen LogP contribution in [0.5, 0.6) is 0 Å².